The summed E-state index contributed by atoms with van der Waals surface area (Å²) in [6.07, 6.45) is -7.27. The van der Waals surface area contributed by atoms with Gasteiger partial charge in [0.15, 0.2) is 5.83 Å². The third-order valence-electron chi connectivity index (χ3n) is 0.468. The fourth-order valence-corrected chi connectivity index (χ4v) is 0. The highest BCUT2D eigenvalue weighted by Gasteiger charge is 2.19. The molecule has 0 N–H and O–H groups in total. The summed E-state index contributed by atoms with van der Waals surface area (Å²) >= 11 is 0. The summed E-state index contributed by atoms with van der Waals surface area (Å²) in [5.41, 5.74) is 0. The van der Waals surface area contributed by atoms with E-state index in [4.69, 9.17) is 0 Å². The summed E-state index contributed by atoms with van der Waals surface area (Å²) in [5.74, 6) is -1.57. The Labute approximate surface area is 65.2 Å². The Morgan fingerprint density at radius 3 is 1.42 bits per heavy atom. The number of hydrogen-bond acceptors (Lipinski definition) is 0. The van der Waals surface area contributed by atoms with Gasteiger partial charge in [-0.05, 0) is 0 Å². The van der Waals surface area contributed by atoms with Gasteiger partial charge in [0.25, 0.3) is 6.43 Å². The fraction of sp³-hybridized carbons (Fsp3) is 0.333. The molecule has 0 saturated heterocycles. The first-order valence-electron chi connectivity index (χ1n) is 2.53. The van der Waals surface area contributed by atoms with Gasteiger partial charge in [-0.25, -0.2) is 13.2 Å². The Morgan fingerprint density at radius 1 is 1.25 bits per heavy atom. The van der Waals surface area contributed by atoms with E-state index in [2.05, 4.69) is 13.2 Å². The van der Waals surface area contributed by atoms with Crippen LogP contribution in [0.4, 0.5) is 26.3 Å². The van der Waals surface area contributed by atoms with Crippen LogP contribution in [0.25, 0.3) is 0 Å². The highest BCUT2D eigenvalue weighted by atomic mass is 19.4. The highest BCUT2D eigenvalue weighted by molar-refractivity contribution is 4.82. The molecule has 0 aliphatic carbocycles. The van der Waals surface area contributed by atoms with Gasteiger partial charge in [0.1, 0.15) is 0 Å². The lowest BCUT2D eigenvalue weighted by molar-refractivity contribution is -0.0795. The summed E-state index contributed by atoms with van der Waals surface area (Å²) in [6, 6.07) is 0. The maximum Gasteiger partial charge on any atom is 0.409 e. The summed E-state index contributed by atoms with van der Waals surface area (Å²) in [6.45, 7) is 4.84. The van der Waals surface area contributed by atoms with Crippen LogP contribution in [0.3, 0.4) is 0 Å². The molecule has 0 radical (unpaired) electrons. The van der Waals surface area contributed by atoms with E-state index in [-0.39, 0.29) is 6.08 Å². The summed E-state index contributed by atoms with van der Waals surface area (Å²) in [5, 5.41) is 0. The monoisotopic (exact) mass is 192 g/mol. The van der Waals surface area contributed by atoms with Crippen molar-refractivity contribution in [1.82, 2.24) is 0 Å². The molecule has 72 valence electrons. The van der Waals surface area contributed by atoms with Crippen LogP contribution in [-0.2, 0) is 0 Å². The smallest absolute Gasteiger partial charge is 0.206 e. The molecule has 0 unspecified atom stereocenters. The Bertz CT molecular complexity index is 145. The van der Waals surface area contributed by atoms with E-state index in [1.165, 1.54) is 0 Å². The van der Waals surface area contributed by atoms with Crippen molar-refractivity contribution < 1.29 is 26.3 Å². The normalized spacial score (nSPS) is 10.2. The van der Waals surface area contributed by atoms with Crippen LogP contribution >= 0.6 is 0 Å². The van der Waals surface area contributed by atoms with E-state index >= 15 is 0 Å². The molecule has 12 heavy (non-hydrogen) atoms. The molecule has 0 fully saturated rings. The van der Waals surface area contributed by atoms with Gasteiger partial charge in [-0.1, -0.05) is 13.2 Å². The Morgan fingerprint density at radius 2 is 1.42 bits per heavy atom. The molecule has 6 heteroatoms. The second kappa shape index (κ2) is 5.68. The maximum absolute atomic E-state index is 10.9. The van der Waals surface area contributed by atoms with E-state index in [1.807, 2.05) is 0 Å². The van der Waals surface area contributed by atoms with Gasteiger partial charge in [-0.15, -0.1) is 0 Å². The number of alkyl halides is 5. The molecule has 0 heterocycles. The van der Waals surface area contributed by atoms with Crippen LogP contribution in [0.1, 0.15) is 0 Å². The molecular formula is C6H6F6. The Kier molecular flexibility index (Phi) is 6.45. The van der Waals surface area contributed by atoms with Crippen LogP contribution < -0.4 is 0 Å². The predicted molar refractivity (Wildman–Crippen MR) is 32.5 cm³/mol. The quantitative estimate of drug-likeness (QED) is 0.440. The first-order chi connectivity index (χ1) is 5.20. The lowest BCUT2D eigenvalue weighted by Gasteiger charge is -1.91. The van der Waals surface area contributed by atoms with Gasteiger partial charge < -0.3 is 0 Å². The van der Waals surface area contributed by atoms with Gasteiger partial charge >= 0.3 is 6.18 Å². The fourth-order valence-electron chi connectivity index (χ4n) is 0. The first-order valence-corrected chi connectivity index (χ1v) is 2.53. The molecule has 0 aliphatic rings. The van der Waals surface area contributed by atoms with Crippen molar-refractivity contribution in [2.45, 2.75) is 12.6 Å². The van der Waals surface area contributed by atoms with Crippen molar-refractivity contribution in [3.8, 4) is 0 Å². The number of halogens is 6. The standard InChI is InChI=1S/2C3H3F3/c1-2-3(4,5)6;1-2(4)3(5)6/h2H,1H2;3H,1H2. The zero-order valence-corrected chi connectivity index (χ0v) is 5.84. The van der Waals surface area contributed by atoms with Crippen molar-refractivity contribution in [3.05, 3.63) is 25.1 Å². The largest absolute Gasteiger partial charge is 0.409 e. The van der Waals surface area contributed by atoms with Crippen molar-refractivity contribution in [2.24, 2.45) is 0 Å². The summed E-state index contributed by atoms with van der Waals surface area (Å²) < 4.78 is 64.2. The maximum atomic E-state index is 10.9. The highest BCUT2D eigenvalue weighted by Crippen LogP contribution is 2.13. The number of rotatable bonds is 1. The van der Waals surface area contributed by atoms with Crippen LogP contribution in [0, 0.1) is 0 Å². The van der Waals surface area contributed by atoms with E-state index in [0.717, 1.165) is 0 Å². The summed E-state index contributed by atoms with van der Waals surface area (Å²) in [7, 11) is 0. The van der Waals surface area contributed by atoms with Crippen molar-refractivity contribution >= 4 is 0 Å². The molecule has 0 bridgehead atoms. The minimum Gasteiger partial charge on any atom is -0.206 e. The van der Waals surface area contributed by atoms with E-state index in [0.29, 0.717) is 0 Å². The third-order valence-corrected chi connectivity index (χ3v) is 0.468. The zero-order chi connectivity index (χ0) is 10.4. The molecule has 0 aromatic heterocycles. The zero-order valence-electron chi connectivity index (χ0n) is 5.84. The average Bonchev–Trinajstić information content (AvgIpc) is 1.87. The molecule has 0 spiro atoms. The van der Waals surface area contributed by atoms with Crippen LogP contribution in [-0.4, -0.2) is 12.6 Å². The lowest BCUT2D eigenvalue weighted by atomic mass is 10.6. The Balaban J connectivity index is 0. The minimum atomic E-state index is -4.19. The molecule has 0 saturated carbocycles. The van der Waals surface area contributed by atoms with Crippen molar-refractivity contribution in [1.29, 1.82) is 0 Å². The molecule has 0 aromatic rings. The van der Waals surface area contributed by atoms with Crippen LogP contribution in [0.5, 0.6) is 0 Å². The van der Waals surface area contributed by atoms with Gasteiger partial charge in [-0.3, -0.25) is 0 Å². The third kappa shape index (κ3) is 16.0. The van der Waals surface area contributed by atoms with Gasteiger partial charge in [0, 0.05) is 6.08 Å². The first kappa shape index (κ1) is 13.6. The van der Waals surface area contributed by atoms with E-state index < -0.39 is 18.4 Å². The SMILES string of the molecule is C=C(F)C(F)F.C=CC(F)(F)F. The Hall–Kier alpha value is -0.940. The van der Waals surface area contributed by atoms with Crippen LogP contribution in [0.2, 0.25) is 0 Å². The van der Waals surface area contributed by atoms with Crippen molar-refractivity contribution in [2.75, 3.05) is 0 Å². The molecule has 0 rings (SSSR count). The minimum absolute atomic E-state index is 0.0625. The van der Waals surface area contributed by atoms with Gasteiger partial charge in [0.05, 0.1) is 0 Å². The molecular weight excluding hydrogens is 186 g/mol. The molecule has 0 amide bonds. The van der Waals surface area contributed by atoms with E-state index in [1.54, 1.807) is 0 Å². The second-order valence-corrected chi connectivity index (χ2v) is 1.49. The van der Waals surface area contributed by atoms with Crippen molar-refractivity contribution in [3.63, 3.8) is 0 Å². The molecule has 0 aliphatic heterocycles. The lowest BCUT2D eigenvalue weighted by Crippen LogP contribution is -1.98. The summed E-state index contributed by atoms with van der Waals surface area (Å²) in [4.78, 5) is 0. The predicted octanol–water partition coefficient (Wildman–Crippen LogP) is 3.47. The van der Waals surface area contributed by atoms with Gasteiger partial charge in [-0.2, -0.15) is 13.2 Å². The molecule has 0 aromatic carbocycles. The average molecular weight is 192 g/mol. The number of hydrogen-bond donors (Lipinski definition) is 0. The van der Waals surface area contributed by atoms with E-state index in [9.17, 15) is 26.3 Å². The second-order valence-electron chi connectivity index (χ2n) is 1.49. The molecule has 0 atom stereocenters. The van der Waals surface area contributed by atoms with Gasteiger partial charge in [0.2, 0.25) is 0 Å². The topological polar surface area (TPSA) is 0 Å². The molecule has 0 nitrogen and oxygen atoms in total. The van der Waals surface area contributed by atoms with Crippen LogP contribution in [0.15, 0.2) is 25.1 Å². The number of allylic oxidation sites excluding steroid dienone is 2.